The van der Waals surface area contributed by atoms with Crippen LogP contribution in [-0.2, 0) is 9.19 Å². The maximum absolute atomic E-state index is 10.6. The third-order valence-electron chi connectivity index (χ3n) is 1.74. The summed E-state index contributed by atoms with van der Waals surface area (Å²) in [6, 6.07) is 0. The summed E-state index contributed by atoms with van der Waals surface area (Å²) >= 11 is 0. The molecule has 0 saturated heterocycles. The Morgan fingerprint density at radius 2 is 1.57 bits per heavy atom. The van der Waals surface area contributed by atoms with Crippen molar-refractivity contribution >= 4 is 7.82 Å². The maximum atomic E-state index is 10.6. The summed E-state index contributed by atoms with van der Waals surface area (Å²) in [6.07, 6.45) is 3.72. The van der Waals surface area contributed by atoms with Crippen LogP contribution in [0.3, 0.4) is 0 Å². The predicted molar refractivity (Wildman–Crippen MR) is 54.5 cm³/mol. The number of unbranched alkanes of at least 4 members (excludes halogenated alkanes) is 2. The Morgan fingerprint density at radius 3 is 1.86 bits per heavy atom. The molecule has 0 aromatic rings. The lowest BCUT2D eigenvalue weighted by atomic mass is 10.3. The summed E-state index contributed by atoms with van der Waals surface area (Å²) in [6.45, 7) is 5.19. The lowest BCUT2D eigenvalue weighted by molar-refractivity contribution is -0.0824. The average Bonchev–Trinajstić information content (AvgIpc) is 2.07. The highest BCUT2D eigenvalue weighted by Gasteiger charge is 2.19. The fraction of sp³-hybridized carbons (Fsp3) is 1.00. The quantitative estimate of drug-likeness (QED) is 0.487. The molecule has 0 radical (unpaired) electrons. The van der Waals surface area contributed by atoms with Crippen LogP contribution in [-0.4, -0.2) is 27.9 Å². The van der Waals surface area contributed by atoms with E-state index in [0.717, 1.165) is 25.7 Å². The molecule has 0 bridgehead atoms. The number of hydrogen-bond acceptors (Lipinski definition) is 3. The van der Waals surface area contributed by atoms with Gasteiger partial charge in [-0.05, 0) is 12.8 Å². The van der Waals surface area contributed by atoms with E-state index in [0.29, 0.717) is 13.1 Å². The van der Waals surface area contributed by atoms with Crippen molar-refractivity contribution in [1.29, 1.82) is 0 Å². The van der Waals surface area contributed by atoms with Crippen LogP contribution in [0.2, 0.25) is 0 Å². The molecule has 86 valence electrons. The van der Waals surface area contributed by atoms with E-state index < -0.39 is 7.82 Å². The van der Waals surface area contributed by atoms with Gasteiger partial charge in [-0.2, -0.15) is 9.69 Å². The number of rotatable bonds is 8. The van der Waals surface area contributed by atoms with Crippen LogP contribution in [0.5, 0.6) is 0 Å². The summed E-state index contributed by atoms with van der Waals surface area (Å²) in [7, 11) is -4.38. The summed E-state index contributed by atoms with van der Waals surface area (Å²) in [5, 5.41) is 1.37. The summed E-state index contributed by atoms with van der Waals surface area (Å²) in [5.41, 5.74) is 0. The Hall–Kier alpha value is 0.0700. The van der Waals surface area contributed by atoms with Crippen molar-refractivity contribution in [2.45, 2.75) is 39.5 Å². The molecule has 0 aliphatic carbocycles. The minimum absolute atomic E-state index is 0.571. The van der Waals surface area contributed by atoms with E-state index in [2.05, 4.69) is 4.62 Å². The Labute approximate surface area is 85.3 Å². The van der Waals surface area contributed by atoms with Crippen LogP contribution >= 0.6 is 7.82 Å². The number of phosphoric acid groups is 1. The lowest BCUT2D eigenvalue weighted by Crippen LogP contribution is -2.25. The molecule has 0 rings (SSSR count). The highest BCUT2D eigenvalue weighted by Crippen LogP contribution is 2.37. The zero-order chi connectivity index (χ0) is 11.0. The van der Waals surface area contributed by atoms with Crippen molar-refractivity contribution in [3.8, 4) is 0 Å². The minimum Gasteiger partial charge on any atom is -0.302 e. The molecule has 0 aromatic carbocycles. The zero-order valence-electron chi connectivity index (χ0n) is 8.85. The second kappa shape index (κ2) is 7.37. The van der Waals surface area contributed by atoms with Gasteiger partial charge in [0.15, 0.2) is 0 Å². The first-order valence-corrected chi connectivity index (χ1v) is 6.52. The largest absolute Gasteiger partial charge is 0.486 e. The normalized spacial score (nSPS) is 12.4. The highest BCUT2D eigenvalue weighted by atomic mass is 31.2. The molecule has 0 heterocycles. The highest BCUT2D eigenvalue weighted by molar-refractivity contribution is 7.46. The molecular weight excluding hydrogens is 205 g/mol. The second-order valence-electron chi connectivity index (χ2n) is 3.21. The van der Waals surface area contributed by atoms with Crippen LogP contribution in [0, 0.1) is 0 Å². The fourth-order valence-electron chi connectivity index (χ4n) is 1.01. The van der Waals surface area contributed by atoms with Crippen molar-refractivity contribution in [1.82, 2.24) is 5.06 Å². The average molecular weight is 225 g/mol. The van der Waals surface area contributed by atoms with Crippen LogP contribution in [0.1, 0.15) is 39.5 Å². The molecule has 0 aliphatic heterocycles. The van der Waals surface area contributed by atoms with Gasteiger partial charge < -0.3 is 9.79 Å². The Balaban J connectivity index is 3.90. The van der Waals surface area contributed by atoms with Crippen molar-refractivity contribution in [2.75, 3.05) is 13.1 Å². The molecule has 0 fully saturated rings. The number of hydrogen-bond donors (Lipinski definition) is 2. The third kappa shape index (κ3) is 8.66. The SMILES string of the molecule is CCCCN(CCCC)OP(=O)(O)O. The molecule has 0 aromatic heterocycles. The van der Waals surface area contributed by atoms with Gasteiger partial charge in [-0.15, -0.1) is 0 Å². The van der Waals surface area contributed by atoms with Gasteiger partial charge in [-0.25, -0.2) is 4.57 Å². The monoisotopic (exact) mass is 225 g/mol. The molecule has 0 saturated carbocycles. The van der Waals surface area contributed by atoms with E-state index in [1.807, 2.05) is 13.8 Å². The van der Waals surface area contributed by atoms with Crippen molar-refractivity contribution in [3.63, 3.8) is 0 Å². The Morgan fingerprint density at radius 1 is 1.14 bits per heavy atom. The first-order valence-electron chi connectivity index (χ1n) is 4.99. The van der Waals surface area contributed by atoms with E-state index >= 15 is 0 Å². The van der Waals surface area contributed by atoms with E-state index in [-0.39, 0.29) is 0 Å². The second-order valence-corrected chi connectivity index (χ2v) is 4.35. The van der Waals surface area contributed by atoms with Gasteiger partial charge in [0.1, 0.15) is 0 Å². The van der Waals surface area contributed by atoms with Gasteiger partial charge in [0.2, 0.25) is 0 Å². The van der Waals surface area contributed by atoms with Gasteiger partial charge in [0, 0.05) is 13.1 Å². The molecule has 0 amide bonds. The van der Waals surface area contributed by atoms with Crippen LogP contribution in [0.4, 0.5) is 0 Å². The smallest absolute Gasteiger partial charge is 0.302 e. The molecular formula is C8H20NO4P. The standard InChI is InChI=1S/C8H20NO4P/c1-3-5-7-9(8-6-4-2)13-14(10,11)12/h3-8H2,1-2H3,(H2,10,11,12). The van der Waals surface area contributed by atoms with Gasteiger partial charge in [0.25, 0.3) is 0 Å². The summed E-state index contributed by atoms with van der Waals surface area (Å²) < 4.78 is 15.1. The van der Waals surface area contributed by atoms with E-state index in [1.54, 1.807) is 0 Å². The summed E-state index contributed by atoms with van der Waals surface area (Å²) in [5.74, 6) is 0. The third-order valence-corrected chi connectivity index (χ3v) is 2.19. The van der Waals surface area contributed by atoms with Gasteiger partial charge in [-0.3, -0.25) is 0 Å². The van der Waals surface area contributed by atoms with Gasteiger partial charge >= 0.3 is 7.82 Å². The molecule has 5 nitrogen and oxygen atoms in total. The van der Waals surface area contributed by atoms with E-state index in [1.165, 1.54) is 5.06 Å². The van der Waals surface area contributed by atoms with E-state index in [9.17, 15) is 4.57 Å². The minimum atomic E-state index is -4.38. The van der Waals surface area contributed by atoms with E-state index in [4.69, 9.17) is 9.79 Å². The first-order chi connectivity index (χ1) is 6.49. The van der Waals surface area contributed by atoms with Gasteiger partial charge in [0.05, 0.1) is 0 Å². The lowest BCUT2D eigenvalue weighted by Gasteiger charge is -2.20. The zero-order valence-corrected chi connectivity index (χ0v) is 9.74. The molecule has 0 unspecified atom stereocenters. The maximum Gasteiger partial charge on any atom is 0.486 e. The first kappa shape index (κ1) is 14.1. The Kier molecular flexibility index (Phi) is 7.41. The molecule has 0 aliphatic rings. The number of hydroxylamine groups is 2. The molecule has 6 heteroatoms. The van der Waals surface area contributed by atoms with Crippen LogP contribution < -0.4 is 0 Å². The van der Waals surface area contributed by atoms with Gasteiger partial charge in [-0.1, -0.05) is 26.7 Å². The number of nitrogens with zero attached hydrogens (tertiary/aromatic N) is 1. The molecule has 0 atom stereocenters. The predicted octanol–water partition coefficient (Wildman–Crippen LogP) is 1.91. The molecule has 14 heavy (non-hydrogen) atoms. The molecule has 0 spiro atoms. The fourth-order valence-corrected chi connectivity index (χ4v) is 1.48. The van der Waals surface area contributed by atoms with Crippen molar-refractivity contribution < 1.29 is 19.0 Å². The van der Waals surface area contributed by atoms with Crippen LogP contribution in [0.25, 0.3) is 0 Å². The summed E-state index contributed by atoms with van der Waals surface area (Å²) in [4.78, 5) is 17.3. The van der Waals surface area contributed by atoms with Crippen LogP contribution in [0.15, 0.2) is 0 Å². The van der Waals surface area contributed by atoms with Crippen molar-refractivity contribution in [3.05, 3.63) is 0 Å². The Bertz CT molecular complexity index is 174. The van der Waals surface area contributed by atoms with Crippen molar-refractivity contribution in [2.24, 2.45) is 0 Å². The topological polar surface area (TPSA) is 70.0 Å². The molecule has 2 N–H and O–H groups in total.